The van der Waals surface area contributed by atoms with Gasteiger partial charge in [-0.3, -0.25) is 9.78 Å². The number of carbonyl (C=O) groups excluding carboxylic acids is 1. The minimum absolute atomic E-state index is 0.0362. The van der Waals surface area contributed by atoms with Crippen molar-refractivity contribution in [3.05, 3.63) is 24.5 Å². The minimum Gasteiger partial charge on any atom is -0.339 e. The highest BCUT2D eigenvalue weighted by Crippen LogP contribution is 2.13. The number of piperazine rings is 1. The number of carbonyl (C=O) groups is 1. The van der Waals surface area contributed by atoms with Crippen molar-refractivity contribution in [2.24, 2.45) is 0 Å². The quantitative estimate of drug-likeness (QED) is 0.785. The van der Waals surface area contributed by atoms with Crippen LogP contribution in [0.15, 0.2) is 24.5 Å². The zero-order chi connectivity index (χ0) is 13.8. The lowest BCUT2D eigenvalue weighted by atomic mass is 10.2. The first kappa shape index (κ1) is 12.7. The lowest BCUT2D eigenvalue weighted by molar-refractivity contribution is -0.132. The molecule has 0 aromatic carbocycles. The van der Waals surface area contributed by atoms with Crippen LogP contribution in [0.4, 0.5) is 0 Å². The lowest BCUT2D eigenvalue weighted by Crippen LogP contribution is -2.47. The van der Waals surface area contributed by atoms with Gasteiger partial charge in [-0.2, -0.15) is 0 Å². The van der Waals surface area contributed by atoms with Crippen LogP contribution >= 0.6 is 0 Å². The van der Waals surface area contributed by atoms with Gasteiger partial charge >= 0.3 is 0 Å². The molecule has 0 radical (unpaired) electrons. The van der Waals surface area contributed by atoms with Gasteiger partial charge in [-0.25, -0.2) is 4.68 Å². The molecule has 104 valence electrons. The van der Waals surface area contributed by atoms with Gasteiger partial charge in [0.25, 0.3) is 0 Å². The summed E-state index contributed by atoms with van der Waals surface area (Å²) in [6.45, 7) is 3.28. The SMILES string of the molecule is O=C(Cn1nnnc1-c1ccncc1)N1CCNCC1. The Kier molecular flexibility index (Phi) is 3.64. The summed E-state index contributed by atoms with van der Waals surface area (Å²) in [6.07, 6.45) is 3.35. The van der Waals surface area contributed by atoms with E-state index in [1.807, 2.05) is 17.0 Å². The molecule has 0 atom stereocenters. The van der Waals surface area contributed by atoms with Gasteiger partial charge in [-0.15, -0.1) is 5.10 Å². The largest absolute Gasteiger partial charge is 0.339 e. The predicted molar refractivity (Wildman–Crippen MR) is 70.5 cm³/mol. The van der Waals surface area contributed by atoms with Crippen molar-refractivity contribution in [2.75, 3.05) is 26.2 Å². The minimum atomic E-state index is 0.0362. The van der Waals surface area contributed by atoms with Crippen LogP contribution in [0.5, 0.6) is 0 Å². The molecule has 3 heterocycles. The molecule has 0 aliphatic carbocycles. The van der Waals surface area contributed by atoms with Crippen LogP contribution in [-0.4, -0.2) is 62.2 Å². The maximum atomic E-state index is 12.2. The van der Waals surface area contributed by atoms with Crippen LogP contribution in [0.25, 0.3) is 11.4 Å². The van der Waals surface area contributed by atoms with Crippen molar-refractivity contribution in [1.82, 2.24) is 35.4 Å². The molecule has 2 aromatic rings. The van der Waals surface area contributed by atoms with E-state index >= 15 is 0 Å². The third-order valence-electron chi connectivity index (χ3n) is 3.23. The molecule has 1 aliphatic heterocycles. The van der Waals surface area contributed by atoms with Gasteiger partial charge in [0.2, 0.25) is 5.91 Å². The van der Waals surface area contributed by atoms with Crippen molar-refractivity contribution in [2.45, 2.75) is 6.54 Å². The zero-order valence-corrected chi connectivity index (χ0v) is 10.9. The van der Waals surface area contributed by atoms with Crippen LogP contribution < -0.4 is 5.32 Å². The molecule has 0 unspecified atom stereocenters. The van der Waals surface area contributed by atoms with Crippen molar-refractivity contribution in [3.8, 4) is 11.4 Å². The Labute approximate surface area is 115 Å². The highest BCUT2D eigenvalue weighted by Gasteiger charge is 2.19. The second-order valence-electron chi connectivity index (χ2n) is 4.53. The number of nitrogens with zero attached hydrogens (tertiary/aromatic N) is 6. The third-order valence-corrected chi connectivity index (χ3v) is 3.23. The molecule has 3 rings (SSSR count). The second-order valence-corrected chi connectivity index (χ2v) is 4.53. The topological polar surface area (TPSA) is 88.8 Å². The fourth-order valence-corrected chi connectivity index (χ4v) is 2.16. The number of amides is 1. The Balaban J connectivity index is 1.75. The Morgan fingerprint density at radius 1 is 1.25 bits per heavy atom. The van der Waals surface area contributed by atoms with E-state index in [0.29, 0.717) is 5.82 Å². The maximum Gasteiger partial charge on any atom is 0.244 e. The smallest absolute Gasteiger partial charge is 0.244 e. The third kappa shape index (κ3) is 2.64. The molecule has 1 amide bonds. The van der Waals surface area contributed by atoms with E-state index in [-0.39, 0.29) is 12.5 Å². The summed E-state index contributed by atoms with van der Waals surface area (Å²) in [6, 6.07) is 3.63. The van der Waals surface area contributed by atoms with Gasteiger partial charge in [-0.1, -0.05) is 0 Å². The molecular weight excluding hydrogens is 258 g/mol. The summed E-state index contributed by atoms with van der Waals surface area (Å²) in [4.78, 5) is 18.0. The zero-order valence-electron chi connectivity index (χ0n) is 10.9. The molecule has 0 bridgehead atoms. The number of pyridine rings is 1. The van der Waals surface area contributed by atoms with Gasteiger partial charge in [0.1, 0.15) is 6.54 Å². The number of hydrogen-bond acceptors (Lipinski definition) is 6. The first-order chi connectivity index (χ1) is 9.84. The first-order valence-corrected chi connectivity index (χ1v) is 6.49. The van der Waals surface area contributed by atoms with Gasteiger partial charge < -0.3 is 10.2 Å². The van der Waals surface area contributed by atoms with Gasteiger partial charge in [0, 0.05) is 44.1 Å². The van der Waals surface area contributed by atoms with E-state index in [1.54, 1.807) is 12.4 Å². The van der Waals surface area contributed by atoms with Crippen LogP contribution in [0.3, 0.4) is 0 Å². The average Bonchev–Trinajstić information content (AvgIpc) is 2.97. The van der Waals surface area contributed by atoms with Crippen molar-refractivity contribution >= 4 is 5.91 Å². The van der Waals surface area contributed by atoms with E-state index in [2.05, 4.69) is 25.8 Å². The number of tetrazole rings is 1. The molecule has 8 nitrogen and oxygen atoms in total. The molecule has 20 heavy (non-hydrogen) atoms. The van der Waals surface area contributed by atoms with Gasteiger partial charge in [-0.05, 0) is 22.6 Å². The Morgan fingerprint density at radius 3 is 2.75 bits per heavy atom. The molecule has 1 aliphatic rings. The fraction of sp³-hybridized carbons (Fsp3) is 0.417. The number of nitrogens with one attached hydrogen (secondary N) is 1. The molecule has 1 N–H and O–H groups in total. The molecule has 1 fully saturated rings. The van der Waals surface area contributed by atoms with E-state index in [9.17, 15) is 4.79 Å². The van der Waals surface area contributed by atoms with Crippen molar-refractivity contribution in [3.63, 3.8) is 0 Å². The average molecular weight is 273 g/mol. The van der Waals surface area contributed by atoms with E-state index in [0.717, 1.165) is 31.7 Å². The summed E-state index contributed by atoms with van der Waals surface area (Å²) in [5.74, 6) is 0.616. The highest BCUT2D eigenvalue weighted by atomic mass is 16.2. The van der Waals surface area contributed by atoms with Crippen molar-refractivity contribution < 1.29 is 4.79 Å². The first-order valence-electron chi connectivity index (χ1n) is 6.49. The summed E-state index contributed by atoms with van der Waals surface area (Å²) >= 11 is 0. The number of aromatic nitrogens is 5. The molecule has 1 saturated heterocycles. The van der Waals surface area contributed by atoms with Crippen LogP contribution in [0.2, 0.25) is 0 Å². The molecular formula is C12H15N7O. The normalized spacial score (nSPS) is 15.3. The van der Waals surface area contributed by atoms with E-state index in [4.69, 9.17) is 0 Å². The number of hydrogen-bond donors (Lipinski definition) is 1. The highest BCUT2D eigenvalue weighted by molar-refractivity contribution is 5.76. The van der Waals surface area contributed by atoms with E-state index in [1.165, 1.54) is 4.68 Å². The molecule has 0 saturated carbocycles. The summed E-state index contributed by atoms with van der Waals surface area (Å²) < 4.78 is 1.53. The monoisotopic (exact) mass is 273 g/mol. The molecule has 8 heteroatoms. The van der Waals surface area contributed by atoms with E-state index < -0.39 is 0 Å². The van der Waals surface area contributed by atoms with Gasteiger partial charge in [0.05, 0.1) is 0 Å². The van der Waals surface area contributed by atoms with Crippen LogP contribution in [0.1, 0.15) is 0 Å². The Morgan fingerprint density at radius 2 is 2.00 bits per heavy atom. The van der Waals surface area contributed by atoms with Crippen LogP contribution in [-0.2, 0) is 11.3 Å². The van der Waals surface area contributed by atoms with Crippen molar-refractivity contribution in [1.29, 1.82) is 0 Å². The summed E-state index contributed by atoms with van der Waals surface area (Å²) in [7, 11) is 0. The fourth-order valence-electron chi connectivity index (χ4n) is 2.16. The number of rotatable bonds is 3. The van der Waals surface area contributed by atoms with Gasteiger partial charge in [0.15, 0.2) is 5.82 Å². The molecule has 2 aromatic heterocycles. The van der Waals surface area contributed by atoms with Crippen LogP contribution in [0, 0.1) is 0 Å². The Hall–Kier alpha value is -2.35. The molecule has 0 spiro atoms. The summed E-state index contributed by atoms with van der Waals surface area (Å²) in [5, 5.41) is 14.7. The standard InChI is InChI=1S/C12H15N7O/c20-11(18-7-5-14-6-8-18)9-19-12(15-16-17-19)10-1-3-13-4-2-10/h1-4,14H,5-9H2. The summed E-state index contributed by atoms with van der Waals surface area (Å²) in [5.41, 5.74) is 0.845. The Bertz CT molecular complexity index is 577. The second kappa shape index (κ2) is 5.74. The predicted octanol–water partition coefficient (Wildman–Crippen LogP) is -0.833. The maximum absolute atomic E-state index is 12.2. The lowest BCUT2D eigenvalue weighted by Gasteiger charge is -2.27.